The second kappa shape index (κ2) is 4.08. The molecular weight excluding hydrogens is 198 g/mol. The van der Waals surface area contributed by atoms with E-state index in [2.05, 4.69) is 0 Å². The fraction of sp³-hybridized carbons (Fsp3) is 0.300. The number of nitro benzene ring substituents is 1. The maximum absolute atomic E-state index is 10.6. The van der Waals surface area contributed by atoms with Crippen molar-refractivity contribution in [2.75, 3.05) is 0 Å². The molecule has 5 nitrogen and oxygen atoms in total. The van der Waals surface area contributed by atoms with Crippen LogP contribution in [0.5, 0.6) is 5.75 Å². The highest BCUT2D eigenvalue weighted by Crippen LogP contribution is 2.28. The average Bonchev–Trinajstić information content (AvgIpc) is 2.18. The standard InChI is InChI=1S/C10H10NO4/c1-10(2,7-12)15-9-6-4-3-5-8(9)11(13)14/h3-6H,1-2H3. The lowest BCUT2D eigenvalue weighted by atomic mass is 10.1. The smallest absolute Gasteiger partial charge is 0.310 e. The number of ether oxygens (including phenoxy) is 1. The average molecular weight is 208 g/mol. The van der Waals surface area contributed by atoms with Gasteiger partial charge in [0.25, 0.3) is 0 Å². The van der Waals surface area contributed by atoms with Crippen molar-refractivity contribution >= 4 is 12.0 Å². The number of para-hydroxylation sites is 2. The van der Waals surface area contributed by atoms with E-state index in [0.717, 1.165) is 0 Å². The summed E-state index contributed by atoms with van der Waals surface area (Å²) in [5.41, 5.74) is -1.35. The summed E-state index contributed by atoms with van der Waals surface area (Å²) in [5, 5.41) is 10.6. The van der Waals surface area contributed by atoms with Gasteiger partial charge in [0.2, 0.25) is 6.29 Å². The highest BCUT2D eigenvalue weighted by Gasteiger charge is 2.24. The summed E-state index contributed by atoms with van der Waals surface area (Å²) in [6, 6.07) is 5.89. The Balaban J connectivity index is 3.04. The normalized spacial score (nSPS) is 10.8. The topological polar surface area (TPSA) is 69.4 Å². The zero-order chi connectivity index (χ0) is 11.5. The first-order chi connectivity index (χ1) is 6.96. The van der Waals surface area contributed by atoms with E-state index < -0.39 is 10.5 Å². The van der Waals surface area contributed by atoms with Gasteiger partial charge in [0, 0.05) is 6.07 Å². The Labute approximate surface area is 86.8 Å². The highest BCUT2D eigenvalue weighted by atomic mass is 16.6. The van der Waals surface area contributed by atoms with Crippen molar-refractivity contribution < 1.29 is 14.5 Å². The fourth-order valence-electron chi connectivity index (χ4n) is 0.990. The van der Waals surface area contributed by atoms with Gasteiger partial charge >= 0.3 is 5.69 Å². The predicted octanol–water partition coefficient (Wildman–Crippen LogP) is 1.86. The van der Waals surface area contributed by atoms with E-state index in [1.54, 1.807) is 12.4 Å². The minimum absolute atomic E-state index is 0.0656. The molecule has 5 heteroatoms. The Morgan fingerprint density at radius 3 is 2.53 bits per heavy atom. The Kier molecular flexibility index (Phi) is 3.04. The molecule has 0 fully saturated rings. The highest BCUT2D eigenvalue weighted by molar-refractivity contribution is 5.63. The first-order valence-electron chi connectivity index (χ1n) is 4.28. The van der Waals surface area contributed by atoms with Gasteiger partial charge in [0.1, 0.15) is 0 Å². The summed E-state index contributed by atoms with van der Waals surface area (Å²) in [6.07, 6.45) is 1.66. The number of rotatable bonds is 4. The Morgan fingerprint density at radius 1 is 1.40 bits per heavy atom. The number of benzene rings is 1. The summed E-state index contributed by atoms with van der Waals surface area (Å²) in [4.78, 5) is 20.6. The lowest BCUT2D eigenvalue weighted by Crippen LogP contribution is -2.29. The van der Waals surface area contributed by atoms with Crippen LogP contribution in [-0.2, 0) is 4.79 Å². The van der Waals surface area contributed by atoms with Crippen LogP contribution in [0.1, 0.15) is 13.8 Å². The van der Waals surface area contributed by atoms with Gasteiger partial charge in [-0.25, -0.2) is 0 Å². The summed E-state index contributed by atoms with van der Waals surface area (Å²) in [5.74, 6) is 0.0656. The molecule has 0 spiro atoms. The van der Waals surface area contributed by atoms with E-state index >= 15 is 0 Å². The molecule has 0 aliphatic carbocycles. The van der Waals surface area contributed by atoms with Crippen LogP contribution in [-0.4, -0.2) is 16.8 Å². The van der Waals surface area contributed by atoms with Crippen LogP contribution in [0.2, 0.25) is 0 Å². The molecule has 0 heterocycles. The van der Waals surface area contributed by atoms with Crippen LogP contribution in [0.3, 0.4) is 0 Å². The molecule has 1 aromatic carbocycles. The van der Waals surface area contributed by atoms with Gasteiger partial charge < -0.3 is 4.74 Å². The van der Waals surface area contributed by atoms with Gasteiger partial charge in [-0.2, -0.15) is 0 Å². The number of carbonyl (C=O) groups excluding carboxylic acids is 1. The molecule has 0 unspecified atom stereocenters. The van der Waals surface area contributed by atoms with Crippen molar-refractivity contribution in [3.63, 3.8) is 0 Å². The van der Waals surface area contributed by atoms with E-state index in [-0.39, 0.29) is 11.4 Å². The van der Waals surface area contributed by atoms with Crippen molar-refractivity contribution in [2.24, 2.45) is 0 Å². The number of nitrogens with zero attached hydrogens (tertiary/aromatic N) is 1. The van der Waals surface area contributed by atoms with E-state index in [1.165, 1.54) is 32.0 Å². The first kappa shape index (κ1) is 11.2. The van der Waals surface area contributed by atoms with Crippen molar-refractivity contribution in [1.29, 1.82) is 0 Å². The van der Waals surface area contributed by atoms with Crippen molar-refractivity contribution in [3.8, 4) is 5.75 Å². The number of hydrogen-bond acceptors (Lipinski definition) is 4. The number of hydrogen-bond donors (Lipinski definition) is 0. The molecule has 0 saturated carbocycles. The Bertz CT molecular complexity index is 387. The third-order valence-corrected chi connectivity index (χ3v) is 1.67. The molecule has 0 saturated heterocycles. The lowest BCUT2D eigenvalue weighted by Gasteiger charge is -2.18. The third-order valence-electron chi connectivity index (χ3n) is 1.67. The van der Waals surface area contributed by atoms with Gasteiger partial charge in [-0.05, 0) is 19.9 Å². The van der Waals surface area contributed by atoms with E-state index in [9.17, 15) is 14.9 Å². The third kappa shape index (κ3) is 2.77. The molecule has 0 aliphatic rings. The monoisotopic (exact) mass is 208 g/mol. The van der Waals surface area contributed by atoms with Crippen LogP contribution in [0.25, 0.3) is 0 Å². The molecule has 0 atom stereocenters. The molecule has 0 bridgehead atoms. The van der Waals surface area contributed by atoms with Crippen LogP contribution in [0, 0.1) is 10.1 Å². The summed E-state index contributed by atoms with van der Waals surface area (Å²) < 4.78 is 5.18. The van der Waals surface area contributed by atoms with Crippen LogP contribution in [0.4, 0.5) is 5.69 Å². The van der Waals surface area contributed by atoms with Gasteiger partial charge in [-0.15, -0.1) is 0 Å². The summed E-state index contributed by atoms with van der Waals surface area (Å²) >= 11 is 0. The molecular formula is C10H10NO4. The molecule has 1 rings (SSSR count). The Morgan fingerprint density at radius 2 is 2.00 bits per heavy atom. The molecule has 1 radical (unpaired) electrons. The van der Waals surface area contributed by atoms with Crippen LogP contribution >= 0.6 is 0 Å². The molecule has 1 aromatic rings. The lowest BCUT2D eigenvalue weighted by molar-refractivity contribution is -0.386. The molecule has 0 aliphatic heterocycles. The summed E-state index contributed by atoms with van der Waals surface area (Å²) in [6.45, 7) is 2.97. The molecule has 0 N–H and O–H groups in total. The molecule has 79 valence electrons. The maximum atomic E-state index is 10.6. The second-order valence-electron chi connectivity index (χ2n) is 3.44. The van der Waals surface area contributed by atoms with Gasteiger partial charge in [0.05, 0.1) is 4.92 Å². The van der Waals surface area contributed by atoms with E-state index in [1.807, 2.05) is 0 Å². The van der Waals surface area contributed by atoms with Gasteiger partial charge in [-0.3, -0.25) is 14.9 Å². The first-order valence-corrected chi connectivity index (χ1v) is 4.28. The molecule has 0 aromatic heterocycles. The van der Waals surface area contributed by atoms with Crippen LogP contribution < -0.4 is 4.74 Å². The van der Waals surface area contributed by atoms with E-state index in [4.69, 9.17) is 4.74 Å². The zero-order valence-corrected chi connectivity index (χ0v) is 8.39. The molecule has 15 heavy (non-hydrogen) atoms. The van der Waals surface area contributed by atoms with Crippen LogP contribution in [0.15, 0.2) is 24.3 Å². The quantitative estimate of drug-likeness (QED) is 0.559. The minimum atomic E-state index is -1.19. The predicted molar refractivity (Wildman–Crippen MR) is 53.5 cm³/mol. The van der Waals surface area contributed by atoms with Gasteiger partial charge in [0.15, 0.2) is 11.4 Å². The maximum Gasteiger partial charge on any atom is 0.310 e. The summed E-state index contributed by atoms with van der Waals surface area (Å²) in [7, 11) is 0. The number of nitro groups is 1. The zero-order valence-electron chi connectivity index (χ0n) is 8.39. The molecule has 0 amide bonds. The second-order valence-corrected chi connectivity index (χ2v) is 3.44. The van der Waals surface area contributed by atoms with Gasteiger partial charge in [-0.1, -0.05) is 12.1 Å². The fourth-order valence-corrected chi connectivity index (χ4v) is 0.990. The van der Waals surface area contributed by atoms with Crippen molar-refractivity contribution in [2.45, 2.75) is 19.4 Å². The largest absolute Gasteiger partial charge is 0.472 e. The SMILES string of the molecule is CC(C)([C]=O)Oc1ccccc1[N+](=O)[O-]. The van der Waals surface area contributed by atoms with Crippen molar-refractivity contribution in [1.82, 2.24) is 0 Å². The van der Waals surface area contributed by atoms with E-state index in [0.29, 0.717) is 0 Å². The minimum Gasteiger partial charge on any atom is -0.472 e. The van der Waals surface area contributed by atoms with Crippen molar-refractivity contribution in [3.05, 3.63) is 34.4 Å². The Hall–Kier alpha value is -1.91.